The molecule has 0 atom stereocenters. The number of carbonyl (C=O) groups excluding carboxylic acids is 1. The molecule has 0 aromatic heterocycles. The fourth-order valence-corrected chi connectivity index (χ4v) is 1.04. The van der Waals surface area contributed by atoms with Gasteiger partial charge >= 0.3 is 0 Å². The zero-order valence-corrected chi connectivity index (χ0v) is 9.51. The van der Waals surface area contributed by atoms with Gasteiger partial charge in [-0.05, 0) is 28.1 Å². The fourth-order valence-electron chi connectivity index (χ4n) is 0.796. The Morgan fingerprint density at radius 3 is 2.93 bits per heavy atom. The molecule has 0 aliphatic rings. The normalized spacial score (nSPS) is 10.3. The van der Waals surface area contributed by atoms with Gasteiger partial charge in [0.1, 0.15) is 12.2 Å². The van der Waals surface area contributed by atoms with Crippen molar-refractivity contribution in [1.82, 2.24) is 5.32 Å². The van der Waals surface area contributed by atoms with Gasteiger partial charge in [0.25, 0.3) is 0 Å². The van der Waals surface area contributed by atoms with Gasteiger partial charge in [-0.15, -0.1) is 0 Å². The molecule has 0 saturated carbocycles. The molecule has 4 nitrogen and oxygen atoms in total. The number of hydrogen-bond donors (Lipinski definition) is 2. The first-order valence-electron chi connectivity index (χ1n) is 4.09. The SMILES string of the molecule is CC(=O)N/C=N/Nc1ccc(Br)c(F)c1. The van der Waals surface area contributed by atoms with Gasteiger partial charge < -0.3 is 5.32 Å². The quantitative estimate of drug-likeness (QED) is 0.503. The standard InChI is InChI=1S/C9H9BrFN3O/c1-6(15)12-5-13-14-7-2-3-8(10)9(11)4-7/h2-5,14H,1H3,(H,12,13,15). The first-order valence-corrected chi connectivity index (χ1v) is 4.88. The Balaban J connectivity index is 2.54. The summed E-state index contributed by atoms with van der Waals surface area (Å²) in [6.45, 7) is 1.37. The predicted molar refractivity (Wildman–Crippen MR) is 60.0 cm³/mol. The topological polar surface area (TPSA) is 53.5 Å². The molecule has 0 spiro atoms. The predicted octanol–water partition coefficient (Wildman–Crippen LogP) is 2.08. The summed E-state index contributed by atoms with van der Waals surface area (Å²) in [5, 5.41) is 6.01. The highest BCUT2D eigenvalue weighted by molar-refractivity contribution is 9.10. The maximum absolute atomic E-state index is 13.0. The second-order valence-electron chi connectivity index (χ2n) is 2.70. The second kappa shape index (κ2) is 5.45. The van der Waals surface area contributed by atoms with Crippen molar-refractivity contribution in [3.05, 3.63) is 28.5 Å². The van der Waals surface area contributed by atoms with Gasteiger partial charge in [-0.2, -0.15) is 5.10 Å². The van der Waals surface area contributed by atoms with Crippen LogP contribution in [0.15, 0.2) is 27.8 Å². The Hall–Kier alpha value is -1.43. The van der Waals surface area contributed by atoms with E-state index in [0.717, 1.165) is 0 Å². The highest BCUT2D eigenvalue weighted by Crippen LogP contribution is 2.18. The van der Waals surface area contributed by atoms with E-state index in [1.165, 1.54) is 19.3 Å². The molecule has 1 rings (SSSR count). The van der Waals surface area contributed by atoms with Crippen molar-refractivity contribution >= 4 is 33.9 Å². The van der Waals surface area contributed by atoms with Crippen molar-refractivity contribution in [1.29, 1.82) is 0 Å². The number of anilines is 1. The average molecular weight is 274 g/mol. The molecule has 0 unspecified atom stereocenters. The van der Waals surface area contributed by atoms with Gasteiger partial charge in [0.2, 0.25) is 5.91 Å². The largest absolute Gasteiger partial charge is 0.316 e. The molecule has 0 saturated heterocycles. The Kier molecular flexibility index (Phi) is 4.23. The van der Waals surface area contributed by atoms with Crippen molar-refractivity contribution < 1.29 is 9.18 Å². The molecule has 2 N–H and O–H groups in total. The maximum Gasteiger partial charge on any atom is 0.221 e. The number of hydrazone groups is 1. The third-order valence-corrected chi connectivity index (χ3v) is 2.09. The minimum absolute atomic E-state index is 0.220. The zero-order valence-electron chi connectivity index (χ0n) is 7.92. The van der Waals surface area contributed by atoms with Crippen LogP contribution in [0.3, 0.4) is 0 Å². The molecule has 80 valence electrons. The van der Waals surface area contributed by atoms with Gasteiger partial charge in [0.15, 0.2) is 0 Å². The summed E-state index contributed by atoms with van der Waals surface area (Å²) < 4.78 is 13.4. The summed E-state index contributed by atoms with van der Waals surface area (Å²) >= 11 is 3.03. The highest BCUT2D eigenvalue weighted by Gasteiger charge is 1.98. The number of amides is 1. The molecule has 0 aliphatic carbocycles. The fraction of sp³-hybridized carbons (Fsp3) is 0.111. The summed E-state index contributed by atoms with van der Waals surface area (Å²) in [4.78, 5) is 10.5. The van der Waals surface area contributed by atoms with Crippen molar-refractivity contribution in [3.63, 3.8) is 0 Å². The van der Waals surface area contributed by atoms with Gasteiger partial charge in [-0.1, -0.05) is 0 Å². The summed E-state index contributed by atoms with van der Waals surface area (Å²) in [5.74, 6) is -0.600. The van der Waals surface area contributed by atoms with E-state index in [1.807, 2.05) is 0 Å². The number of halogens is 2. The lowest BCUT2D eigenvalue weighted by molar-refractivity contribution is -0.117. The van der Waals surface area contributed by atoms with Crippen LogP contribution in [0.1, 0.15) is 6.92 Å². The maximum atomic E-state index is 13.0. The molecule has 6 heteroatoms. The molecule has 15 heavy (non-hydrogen) atoms. The Morgan fingerprint density at radius 1 is 1.60 bits per heavy atom. The third-order valence-electron chi connectivity index (χ3n) is 1.45. The van der Waals surface area contributed by atoms with Crippen LogP contribution in [0.5, 0.6) is 0 Å². The van der Waals surface area contributed by atoms with Crippen molar-refractivity contribution in [2.45, 2.75) is 6.92 Å². The first-order chi connectivity index (χ1) is 7.09. The van der Waals surface area contributed by atoms with Crippen molar-refractivity contribution in [3.8, 4) is 0 Å². The number of rotatable bonds is 3. The molecule has 0 fully saturated rings. The van der Waals surface area contributed by atoms with Crippen LogP contribution in [-0.4, -0.2) is 12.2 Å². The average Bonchev–Trinajstić information content (AvgIpc) is 2.18. The molecule has 1 amide bonds. The number of benzene rings is 1. The lowest BCUT2D eigenvalue weighted by Crippen LogP contribution is -2.17. The van der Waals surface area contributed by atoms with Crippen LogP contribution in [0, 0.1) is 5.82 Å². The number of nitrogens with one attached hydrogen (secondary N) is 2. The van der Waals surface area contributed by atoms with Gasteiger partial charge in [0.05, 0.1) is 10.2 Å². The monoisotopic (exact) mass is 273 g/mol. The molecule has 0 heterocycles. The molecule has 1 aromatic carbocycles. The summed E-state index contributed by atoms with van der Waals surface area (Å²) in [6.07, 6.45) is 1.20. The number of nitrogens with zero attached hydrogens (tertiary/aromatic N) is 1. The van der Waals surface area contributed by atoms with E-state index < -0.39 is 0 Å². The Labute approximate surface area is 94.7 Å². The summed E-state index contributed by atoms with van der Waals surface area (Å²) in [7, 11) is 0. The lowest BCUT2D eigenvalue weighted by atomic mass is 10.3. The molecule has 0 radical (unpaired) electrons. The molecular weight excluding hydrogens is 265 g/mol. The van der Waals surface area contributed by atoms with E-state index in [1.54, 1.807) is 12.1 Å². The van der Waals surface area contributed by atoms with E-state index in [9.17, 15) is 9.18 Å². The zero-order chi connectivity index (χ0) is 11.3. The van der Waals surface area contributed by atoms with Crippen LogP contribution in [-0.2, 0) is 4.79 Å². The van der Waals surface area contributed by atoms with Crippen molar-refractivity contribution in [2.24, 2.45) is 5.10 Å². The van der Waals surface area contributed by atoms with Gasteiger partial charge in [-0.25, -0.2) is 4.39 Å². The van der Waals surface area contributed by atoms with Gasteiger partial charge in [0, 0.05) is 13.0 Å². The molecule has 0 aliphatic heterocycles. The van der Waals surface area contributed by atoms with Crippen LogP contribution in [0.25, 0.3) is 0 Å². The molecular formula is C9H9BrFN3O. The summed E-state index contributed by atoms with van der Waals surface area (Å²) in [6, 6.07) is 4.50. The van der Waals surface area contributed by atoms with Crippen LogP contribution < -0.4 is 10.7 Å². The van der Waals surface area contributed by atoms with Gasteiger partial charge in [-0.3, -0.25) is 10.2 Å². The second-order valence-corrected chi connectivity index (χ2v) is 3.55. The third kappa shape index (κ3) is 4.07. The Bertz CT molecular complexity index is 395. The minimum atomic E-state index is -0.380. The van der Waals surface area contributed by atoms with E-state index in [2.05, 4.69) is 31.8 Å². The number of hydrogen-bond acceptors (Lipinski definition) is 3. The van der Waals surface area contributed by atoms with E-state index >= 15 is 0 Å². The van der Waals surface area contributed by atoms with Crippen LogP contribution >= 0.6 is 15.9 Å². The molecule has 0 bridgehead atoms. The summed E-state index contributed by atoms with van der Waals surface area (Å²) in [5.41, 5.74) is 3.06. The molecule has 1 aromatic rings. The minimum Gasteiger partial charge on any atom is -0.316 e. The van der Waals surface area contributed by atoms with Crippen molar-refractivity contribution in [2.75, 3.05) is 5.43 Å². The number of carbonyl (C=O) groups is 1. The van der Waals surface area contributed by atoms with E-state index in [-0.39, 0.29) is 11.7 Å². The van der Waals surface area contributed by atoms with E-state index in [4.69, 9.17) is 0 Å². The smallest absolute Gasteiger partial charge is 0.221 e. The van der Waals surface area contributed by atoms with Crippen LogP contribution in [0.4, 0.5) is 10.1 Å². The Morgan fingerprint density at radius 2 is 2.33 bits per heavy atom. The first kappa shape index (κ1) is 11.6. The van der Waals surface area contributed by atoms with E-state index in [0.29, 0.717) is 10.2 Å². The lowest BCUT2D eigenvalue weighted by Gasteiger charge is -2.00. The van der Waals surface area contributed by atoms with Crippen LogP contribution in [0.2, 0.25) is 0 Å². The highest BCUT2D eigenvalue weighted by atomic mass is 79.9.